The second-order valence-corrected chi connectivity index (χ2v) is 6.83. The molecule has 7 nitrogen and oxygen atoms in total. The van der Waals surface area contributed by atoms with E-state index in [-0.39, 0.29) is 13.1 Å². The molecule has 0 aliphatic carbocycles. The summed E-state index contributed by atoms with van der Waals surface area (Å²) in [6, 6.07) is 1.85. The van der Waals surface area contributed by atoms with E-state index in [4.69, 9.17) is 5.11 Å². The maximum absolute atomic E-state index is 11.1. The lowest BCUT2D eigenvalue weighted by molar-refractivity contribution is -0.137. The molecule has 104 valence electrons. The van der Waals surface area contributed by atoms with Crippen molar-refractivity contribution < 1.29 is 18.3 Å². The molecule has 1 atom stereocenters. The summed E-state index contributed by atoms with van der Waals surface area (Å²) in [5, 5.41) is 11.6. The Morgan fingerprint density at radius 2 is 2.37 bits per heavy atom. The number of carbonyl (C=O) groups is 1. The molecular formula is C10H13N3O4S2. The number of carboxylic acids is 1. The Hall–Kier alpha value is -1.45. The van der Waals surface area contributed by atoms with Crippen molar-refractivity contribution in [1.82, 2.24) is 9.62 Å². The second-order valence-electron chi connectivity index (χ2n) is 4.11. The highest BCUT2D eigenvalue weighted by molar-refractivity contribution is 7.88. The molecule has 1 aliphatic heterocycles. The molecule has 1 aromatic heterocycles. The van der Waals surface area contributed by atoms with E-state index in [0.717, 1.165) is 16.1 Å². The van der Waals surface area contributed by atoms with E-state index >= 15 is 0 Å². The summed E-state index contributed by atoms with van der Waals surface area (Å²) >= 11 is 1.43. The lowest BCUT2D eigenvalue weighted by atomic mass is 10.3. The minimum absolute atomic E-state index is 0.0416. The van der Waals surface area contributed by atoms with Crippen LogP contribution in [0.25, 0.3) is 6.20 Å². The molecule has 0 radical (unpaired) electrons. The fourth-order valence-corrected chi connectivity index (χ4v) is 2.92. The molecule has 0 spiro atoms. The third kappa shape index (κ3) is 3.75. The lowest BCUT2D eigenvalue weighted by Crippen LogP contribution is -2.47. The number of thiophene rings is 1. The van der Waals surface area contributed by atoms with Gasteiger partial charge in [-0.1, -0.05) is 0 Å². The molecule has 0 fully saturated rings. The molecule has 0 saturated carbocycles. The second kappa shape index (κ2) is 5.27. The Labute approximate surface area is 113 Å². The van der Waals surface area contributed by atoms with E-state index in [2.05, 4.69) is 9.71 Å². The van der Waals surface area contributed by atoms with Gasteiger partial charge in [0.1, 0.15) is 17.4 Å². The largest absolute Gasteiger partial charge is 0.480 e. The number of hydrogen-bond donors (Lipinski definition) is 2. The van der Waals surface area contributed by atoms with Gasteiger partial charge in [0, 0.05) is 11.4 Å². The van der Waals surface area contributed by atoms with Crippen LogP contribution in [0.3, 0.4) is 0 Å². The summed E-state index contributed by atoms with van der Waals surface area (Å²) in [4.78, 5) is 16.7. The predicted octanol–water partition coefficient (Wildman–Crippen LogP) is -1.62. The molecule has 2 N–H and O–H groups in total. The number of aliphatic carboxylic acids is 1. The van der Waals surface area contributed by atoms with Crippen molar-refractivity contribution in [3.63, 3.8) is 0 Å². The van der Waals surface area contributed by atoms with Gasteiger partial charge in [0.2, 0.25) is 10.0 Å². The molecule has 0 aromatic carbocycles. The average Bonchev–Trinajstić information content (AvgIpc) is 2.71. The number of sulfonamides is 1. The topological polar surface area (TPSA) is 99.1 Å². The molecule has 0 saturated heterocycles. The van der Waals surface area contributed by atoms with Crippen LogP contribution in [0.5, 0.6) is 0 Å². The summed E-state index contributed by atoms with van der Waals surface area (Å²) in [7, 11) is -3.33. The third-order valence-corrected chi connectivity index (χ3v) is 4.00. The van der Waals surface area contributed by atoms with Crippen LogP contribution in [-0.2, 0) is 14.8 Å². The molecule has 2 heterocycles. The van der Waals surface area contributed by atoms with E-state index < -0.39 is 22.2 Å². The van der Waals surface area contributed by atoms with Gasteiger partial charge in [-0.2, -0.15) is 0 Å². The number of hydrogen-bond acceptors (Lipinski definition) is 6. The Kier molecular flexibility index (Phi) is 3.88. The van der Waals surface area contributed by atoms with Gasteiger partial charge < -0.3 is 10.0 Å². The van der Waals surface area contributed by atoms with Crippen molar-refractivity contribution in [2.45, 2.75) is 6.17 Å². The first kappa shape index (κ1) is 14.0. The van der Waals surface area contributed by atoms with Crippen LogP contribution in [0.15, 0.2) is 16.4 Å². The number of carboxylic acid groups (broad SMARTS) is 1. The third-order valence-electron chi connectivity index (χ3n) is 2.47. The average molecular weight is 303 g/mol. The van der Waals surface area contributed by atoms with Crippen LogP contribution in [0.2, 0.25) is 0 Å². The minimum atomic E-state index is -3.33. The van der Waals surface area contributed by atoms with E-state index in [1.807, 2.05) is 11.4 Å². The predicted molar refractivity (Wildman–Crippen MR) is 70.5 cm³/mol. The normalized spacial score (nSPS) is 18.4. The molecule has 9 heteroatoms. The zero-order chi connectivity index (χ0) is 14.0. The van der Waals surface area contributed by atoms with Crippen molar-refractivity contribution in [1.29, 1.82) is 0 Å². The Morgan fingerprint density at radius 1 is 1.63 bits per heavy atom. The van der Waals surface area contributed by atoms with Crippen LogP contribution in [0.1, 0.15) is 0 Å². The highest BCUT2D eigenvalue weighted by Gasteiger charge is 2.21. The van der Waals surface area contributed by atoms with Gasteiger partial charge >= 0.3 is 5.97 Å². The molecule has 0 amide bonds. The zero-order valence-electron chi connectivity index (χ0n) is 10.1. The number of nitrogens with zero attached hydrogens (tertiary/aromatic N) is 2. The molecule has 1 aliphatic rings. The van der Waals surface area contributed by atoms with E-state index in [0.29, 0.717) is 0 Å². The fraction of sp³-hybridized carbons (Fsp3) is 0.400. The summed E-state index contributed by atoms with van der Waals surface area (Å²) < 4.78 is 25.3. The highest BCUT2D eigenvalue weighted by Crippen LogP contribution is 2.05. The summed E-state index contributed by atoms with van der Waals surface area (Å²) in [5.74, 6) is -0.991. The molecular weight excluding hydrogens is 290 g/mol. The van der Waals surface area contributed by atoms with E-state index in [9.17, 15) is 13.2 Å². The van der Waals surface area contributed by atoms with Crippen LogP contribution >= 0.6 is 11.3 Å². The van der Waals surface area contributed by atoms with Crippen molar-refractivity contribution in [2.24, 2.45) is 4.99 Å². The van der Waals surface area contributed by atoms with Gasteiger partial charge in [0.05, 0.1) is 12.8 Å². The monoisotopic (exact) mass is 303 g/mol. The van der Waals surface area contributed by atoms with Gasteiger partial charge in [-0.25, -0.2) is 18.1 Å². The first-order valence-corrected chi connectivity index (χ1v) is 8.17. The van der Waals surface area contributed by atoms with Crippen LogP contribution in [-0.4, -0.2) is 49.9 Å². The Bertz CT molecular complexity index is 695. The molecule has 0 bridgehead atoms. The SMILES string of the molecule is CS(=O)(=O)NCC1N=c2sccc2=CN1CC(=O)O. The molecule has 1 aromatic rings. The maximum Gasteiger partial charge on any atom is 0.323 e. The minimum Gasteiger partial charge on any atom is -0.480 e. The van der Waals surface area contributed by atoms with Crippen molar-refractivity contribution in [2.75, 3.05) is 19.3 Å². The van der Waals surface area contributed by atoms with Gasteiger partial charge in [-0.15, -0.1) is 11.3 Å². The first-order chi connectivity index (χ1) is 8.85. The first-order valence-electron chi connectivity index (χ1n) is 5.40. The lowest BCUT2D eigenvalue weighted by Gasteiger charge is -2.27. The molecule has 1 unspecified atom stereocenters. The number of fused-ring (bicyclic) bond motifs is 1. The van der Waals surface area contributed by atoms with Crippen LogP contribution in [0, 0.1) is 0 Å². The smallest absolute Gasteiger partial charge is 0.323 e. The van der Waals surface area contributed by atoms with Crippen molar-refractivity contribution >= 4 is 33.5 Å². The molecule has 19 heavy (non-hydrogen) atoms. The fourth-order valence-electron chi connectivity index (χ4n) is 1.68. The number of rotatable bonds is 5. The zero-order valence-corrected chi connectivity index (χ0v) is 11.7. The van der Waals surface area contributed by atoms with Crippen molar-refractivity contribution in [3.05, 3.63) is 21.3 Å². The van der Waals surface area contributed by atoms with Crippen LogP contribution < -0.4 is 14.6 Å². The van der Waals surface area contributed by atoms with E-state index in [1.165, 1.54) is 16.2 Å². The summed E-state index contributed by atoms with van der Waals surface area (Å²) in [6.07, 6.45) is 2.20. The van der Waals surface area contributed by atoms with Crippen molar-refractivity contribution in [3.8, 4) is 0 Å². The molecule has 2 rings (SSSR count). The Morgan fingerprint density at radius 3 is 3.00 bits per heavy atom. The quantitative estimate of drug-likeness (QED) is 0.681. The van der Waals surface area contributed by atoms with Gasteiger partial charge in [0.15, 0.2) is 0 Å². The van der Waals surface area contributed by atoms with Crippen LogP contribution in [0.4, 0.5) is 0 Å². The standard InChI is InChI=1S/C10H13N3O4S2/c1-19(16,17)11-4-8-12-10-7(2-3-18-10)5-13(8)6-9(14)15/h2-3,5,8,11H,4,6H2,1H3,(H,14,15). The Balaban J connectivity index is 2.26. The van der Waals surface area contributed by atoms with Gasteiger partial charge in [0.25, 0.3) is 0 Å². The summed E-state index contributed by atoms with van der Waals surface area (Å²) in [6.45, 7) is -0.186. The van der Waals surface area contributed by atoms with Gasteiger partial charge in [-0.3, -0.25) is 4.79 Å². The highest BCUT2D eigenvalue weighted by atomic mass is 32.2. The van der Waals surface area contributed by atoms with Gasteiger partial charge in [-0.05, 0) is 11.4 Å². The maximum atomic E-state index is 11.1. The summed E-state index contributed by atoms with van der Waals surface area (Å²) in [5.41, 5.74) is 0. The number of nitrogens with one attached hydrogen (secondary N) is 1. The van der Waals surface area contributed by atoms with E-state index in [1.54, 1.807) is 6.20 Å².